The summed E-state index contributed by atoms with van der Waals surface area (Å²) in [4.78, 5) is 10.1. The number of rotatable bonds is 4. The third-order valence-electron chi connectivity index (χ3n) is 3.63. The molecule has 3 aromatic rings. The molecule has 1 aromatic heterocycles. The number of hydrogen-bond acceptors (Lipinski definition) is 4. The van der Waals surface area contributed by atoms with Crippen molar-refractivity contribution in [2.75, 3.05) is 0 Å². The summed E-state index contributed by atoms with van der Waals surface area (Å²) in [6.45, 7) is 8.08. The minimum absolute atomic E-state index is 0.777. The summed E-state index contributed by atoms with van der Waals surface area (Å²) in [5.41, 5.74) is 4.19. The fourth-order valence-corrected chi connectivity index (χ4v) is 3.40. The van der Waals surface area contributed by atoms with E-state index in [0.717, 1.165) is 44.1 Å². The highest BCUT2D eigenvalue weighted by molar-refractivity contribution is 7.99. The van der Waals surface area contributed by atoms with Gasteiger partial charge in [0.05, 0.1) is 0 Å². The Balaban J connectivity index is 1.81. The van der Waals surface area contributed by atoms with Gasteiger partial charge in [-0.25, -0.2) is 9.97 Å². The number of hydrogen-bond donors (Lipinski definition) is 0. The van der Waals surface area contributed by atoms with E-state index >= 15 is 0 Å². The second-order valence-electron chi connectivity index (χ2n) is 5.83. The molecule has 3 rings (SSSR count). The summed E-state index contributed by atoms with van der Waals surface area (Å²) in [6.07, 6.45) is 0. The zero-order valence-electron chi connectivity index (χ0n) is 14.3. The molecule has 1 heterocycles. The number of para-hydroxylation sites is 1. The molecule has 0 aliphatic carbocycles. The van der Waals surface area contributed by atoms with Gasteiger partial charge in [0, 0.05) is 16.3 Å². The molecular weight excluding hydrogens is 316 g/mol. The molecule has 122 valence electrons. The van der Waals surface area contributed by atoms with E-state index in [1.165, 1.54) is 0 Å². The lowest BCUT2D eigenvalue weighted by Gasteiger charge is -2.12. The maximum atomic E-state index is 6.04. The van der Waals surface area contributed by atoms with Crippen molar-refractivity contribution in [1.82, 2.24) is 9.97 Å². The van der Waals surface area contributed by atoms with Gasteiger partial charge in [0.1, 0.15) is 11.5 Å². The summed E-state index contributed by atoms with van der Waals surface area (Å²) >= 11 is 1.57. The van der Waals surface area contributed by atoms with E-state index in [0.29, 0.717) is 0 Å². The van der Waals surface area contributed by atoms with Crippen molar-refractivity contribution in [2.24, 2.45) is 0 Å². The van der Waals surface area contributed by atoms with Crippen LogP contribution in [0.15, 0.2) is 58.6 Å². The molecule has 2 aromatic carbocycles. The number of aromatic nitrogens is 2. The second-order valence-corrected chi connectivity index (χ2v) is 6.87. The third-order valence-corrected chi connectivity index (χ3v) is 4.49. The first-order chi connectivity index (χ1) is 11.5. The Morgan fingerprint density at radius 3 is 2.08 bits per heavy atom. The Morgan fingerprint density at radius 2 is 1.42 bits per heavy atom. The van der Waals surface area contributed by atoms with Gasteiger partial charge in [0.2, 0.25) is 0 Å². The molecule has 0 unspecified atom stereocenters. The Bertz CT molecular complexity index is 857. The van der Waals surface area contributed by atoms with Crippen LogP contribution in [0.25, 0.3) is 0 Å². The van der Waals surface area contributed by atoms with Crippen LogP contribution in [-0.2, 0) is 0 Å². The number of ether oxygens (including phenoxy) is 1. The van der Waals surface area contributed by atoms with Gasteiger partial charge in [-0.1, -0.05) is 18.2 Å². The van der Waals surface area contributed by atoms with Crippen molar-refractivity contribution in [3.8, 4) is 11.5 Å². The third kappa shape index (κ3) is 3.95. The van der Waals surface area contributed by atoms with E-state index in [-0.39, 0.29) is 0 Å². The summed E-state index contributed by atoms with van der Waals surface area (Å²) in [5, 5.41) is 0.777. The lowest BCUT2D eigenvalue weighted by atomic mass is 10.2. The van der Waals surface area contributed by atoms with Gasteiger partial charge in [-0.15, -0.1) is 0 Å². The first kappa shape index (κ1) is 16.5. The van der Waals surface area contributed by atoms with Crippen molar-refractivity contribution in [1.29, 1.82) is 0 Å². The Morgan fingerprint density at radius 1 is 0.750 bits per heavy atom. The van der Waals surface area contributed by atoms with Crippen molar-refractivity contribution in [3.63, 3.8) is 0 Å². The van der Waals surface area contributed by atoms with Crippen molar-refractivity contribution in [3.05, 3.63) is 71.0 Å². The summed E-state index contributed by atoms with van der Waals surface area (Å²) in [7, 11) is 0. The average molecular weight is 336 g/mol. The smallest absolute Gasteiger partial charge is 0.192 e. The Hall–Kier alpha value is -2.33. The highest BCUT2D eigenvalue weighted by atomic mass is 32.2. The Labute approximate surface area is 147 Å². The van der Waals surface area contributed by atoms with E-state index < -0.39 is 0 Å². The monoisotopic (exact) mass is 336 g/mol. The maximum absolute atomic E-state index is 6.04. The summed E-state index contributed by atoms with van der Waals surface area (Å²) < 4.78 is 6.04. The molecule has 0 saturated heterocycles. The normalized spacial score (nSPS) is 10.7. The molecule has 0 aliphatic rings. The fraction of sp³-hybridized carbons (Fsp3) is 0.200. The van der Waals surface area contributed by atoms with Gasteiger partial charge in [-0.05, 0) is 80.9 Å². The number of aryl methyl sites for hydroxylation is 4. The molecule has 0 N–H and O–H groups in total. The summed E-state index contributed by atoms with van der Waals surface area (Å²) in [6, 6.07) is 16.2. The number of benzene rings is 2. The largest absolute Gasteiger partial charge is 0.457 e. The minimum atomic E-state index is 0.777. The van der Waals surface area contributed by atoms with Crippen molar-refractivity contribution in [2.45, 2.75) is 37.7 Å². The van der Waals surface area contributed by atoms with Crippen LogP contribution in [0.1, 0.15) is 22.5 Å². The van der Waals surface area contributed by atoms with Crippen LogP contribution < -0.4 is 4.74 Å². The van der Waals surface area contributed by atoms with Crippen LogP contribution >= 0.6 is 11.8 Å². The van der Waals surface area contributed by atoms with Gasteiger partial charge in [0.15, 0.2) is 5.16 Å². The van der Waals surface area contributed by atoms with Crippen LogP contribution in [0.3, 0.4) is 0 Å². The molecule has 0 atom stereocenters. The second kappa shape index (κ2) is 7.05. The van der Waals surface area contributed by atoms with Crippen molar-refractivity contribution < 1.29 is 4.74 Å². The van der Waals surface area contributed by atoms with Gasteiger partial charge < -0.3 is 4.74 Å². The zero-order valence-corrected chi connectivity index (χ0v) is 15.1. The van der Waals surface area contributed by atoms with Gasteiger partial charge in [-0.2, -0.15) is 0 Å². The standard InChI is InChI=1S/C20H20N2OS/c1-13-7-5-6-8-18(13)23-19-10-9-17(11-14(19)2)24-20-21-15(3)12-16(4)22-20/h5-12H,1-4H3. The van der Waals surface area contributed by atoms with Crippen LogP contribution in [-0.4, -0.2) is 9.97 Å². The maximum Gasteiger partial charge on any atom is 0.192 e. The van der Waals surface area contributed by atoms with E-state index in [4.69, 9.17) is 4.74 Å². The molecule has 0 fully saturated rings. The molecule has 0 saturated carbocycles. The first-order valence-electron chi connectivity index (χ1n) is 7.85. The van der Waals surface area contributed by atoms with Gasteiger partial charge >= 0.3 is 0 Å². The molecule has 3 nitrogen and oxygen atoms in total. The van der Waals surface area contributed by atoms with E-state index in [1.54, 1.807) is 11.8 Å². The molecule has 0 spiro atoms. The molecule has 0 bridgehead atoms. The van der Waals surface area contributed by atoms with Crippen LogP contribution in [0.5, 0.6) is 11.5 Å². The van der Waals surface area contributed by atoms with Gasteiger partial charge in [0.25, 0.3) is 0 Å². The van der Waals surface area contributed by atoms with E-state index in [2.05, 4.69) is 23.0 Å². The van der Waals surface area contributed by atoms with E-state index in [1.807, 2.05) is 63.2 Å². The van der Waals surface area contributed by atoms with Crippen molar-refractivity contribution >= 4 is 11.8 Å². The lowest BCUT2D eigenvalue weighted by Crippen LogP contribution is -1.93. The SMILES string of the molecule is Cc1cc(C)nc(Sc2ccc(Oc3ccccc3C)c(C)c2)n1. The fourth-order valence-electron chi connectivity index (χ4n) is 2.43. The average Bonchev–Trinajstić information content (AvgIpc) is 2.51. The van der Waals surface area contributed by atoms with Gasteiger partial charge in [-0.3, -0.25) is 0 Å². The Kier molecular flexibility index (Phi) is 4.86. The predicted octanol–water partition coefficient (Wildman–Crippen LogP) is 5.65. The lowest BCUT2D eigenvalue weighted by molar-refractivity contribution is 0.475. The van der Waals surface area contributed by atoms with Crippen LogP contribution in [0.4, 0.5) is 0 Å². The predicted molar refractivity (Wildman–Crippen MR) is 98.1 cm³/mol. The number of nitrogens with zero attached hydrogens (tertiary/aromatic N) is 2. The van der Waals surface area contributed by atoms with Crippen LogP contribution in [0, 0.1) is 27.7 Å². The molecule has 4 heteroatoms. The zero-order chi connectivity index (χ0) is 17.1. The minimum Gasteiger partial charge on any atom is -0.457 e. The first-order valence-corrected chi connectivity index (χ1v) is 8.67. The van der Waals surface area contributed by atoms with Crippen LogP contribution in [0.2, 0.25) is 0 Å². The summed E-state index contributed by atoms with van der Waals surface area (Å²) in [5.74, 6) is 1.76. The quantitative estimate of drug-likeness (QED) is 0.576. The molecule has 24 heavy (non-hydrogen) atoms. The molecule has 0 radical (unpaired) electrons. The van der Waals surface area contributed by atoms with E-state index in [9.17, 15) is 0 Å². The topological polar surface area (TPSA) is 35.0 Å². The highest BCUT2D eigenvalue weighted by Gasteiger charge is 2.07. The molecule has 0 amide bonds. The highest BCUT2D eigenvalue weighted by Crippen LogP contribution is 2.32. The molecular formula is C20H20N2OS. The molecule has 0 aliphatic heterocycles.